The fraction of sp³-hybridized carbons (Fsp3) is 0.875. The van der Waals surface area contributed by atoms with Crippen LogP contribution in [0.5, 0.6) is 0 Å². The molecule has 3 saturated carbocycles. The minimum Gasteiger partial charge on any atom is -0.461 e. The quantitative estimate of drug-likeness (QED) is 0.260. The van der Waals surface area contributed by atoms with E-state index in [0.29, 0.717) is 53.7 Å². The number of quaternary nitrogens is 1. The number of carbonyl (C=O) groups excluding carboxylic acids is 2. The molecule has 2 aliphatic heterocycles. The van der Waals surface area contributed by atoms with Crippen molar-refractivity contribution in [3.05, 3.63) is 12.7 Å². The number of thioether (sulfide) groups is 1. The molecular formula is C32H52NO4S+. The number of aliphatic hydroxyl groups excluding tert-OH is 1. The van der Waals surface area contributed by atoms with Crippen molar-refractivity contribution in [1.82, 2.24) is 0 Å². The molecule has 0 spiro atoms. The van der Waals surface area contributed by atoms with E-state index in [1.165, 1.54) is 30.2 Å². The van der Waals surface area contributed by atoms with Gasteiger partial charge in [0.25, 0.3) is 0 Å². The van der Waals surface area contributed by atoms with Gasteiger partial charge in [-0.1, -0.05) is 26.8 Å². The fourth-order valence-corrected chi connectivity index (χ4v) is 11.3. The summed E-state index contributed by atoms with van der Waals surface area (Å²) < 4.78 is 7.58. The largest absolute Gasteiger partial charge is 0.461 e. The molecular weight excluding hydrogens is 494 g/mol. The lowest BCUT2D eigenvalue weighted by molar-refractivity contribution is -0.966. The molecule has 2 saturated heterocycles. The molecule has 214 valence electrons. The third-order valence-corrected chi connectivity index (χ3v) is 14.1. The summed E-state index contributed by atoms with van der Waals surface area (Å²) in [5.41, 5.74) is -0.751. The van der Waals surface area contributed by atoms with E-state index in [9.17, 15) is 14.7 Å². The lowest BCUT2D eigenvalue weighted by Crippen LogP contribution is -2.61. The van der Waals surface area contributed by atoms with Gasteiger partial charge in [-0.25, -0.2) is 0 Å². The second-order valence-electron chi connectivity index (χ2n) is 14.6. The first-order chi connectivity index (χ1) is 17.9. The van der Waals surface area contributed by atoms with Gasteiger partial charge in [0.15, 0.2) is 0 Å². The second-order valence-corrected chi connectivity index (χ2v) is 15.8. The number of carbonyl (C=O) groups is 2. The Morgan fingerprint density at radius 2 is 1.87 bits per heavy atom. The molecule has 2 heterocycles. The van der Waals surface area contributed by atoms with Crippen molar-refractivity contribution < 1.29 is 23.9 Å². The molecule has 10 atom stereocenters. The normalized spacial score (nSPS) is 50.3. The third-order valence-electron chi connectivity index (χ3n) is 12.8. The highest BCUT2D eigenvalue weighted by atomic mass is 32.2. The number of rotatable bonds is 6. The smallest absolute Gasteiger partial charge is 0.316 e. The number of fused-ring (bicyclic) bond motifs is 2. The van der Waals surface area contributed by atoms with Crippen LogP contribution in [0.15, 0.2) is 12.7 Å². The molecule has 3 aliphatic carbocycles. The second kappa shape index (κ2) is 10.2. The minimum absolute atomic E-state index is 0.0146. The Morgan fingerprint density at radius 3 is 2.47 bits per heavy atom. The monoisotopic (exact) mass is 546 g/mol. The standard InChI is InChI=1S/C32H52NO4S/c1-8-31(6)17-26(28-20(4)11-13-32(21(5)30(31)36)14-12-25(34)29(28)32)37-27(35)18-38-24-15-22-9-10-23(16-24)33(22,7)19(2)3/h8,19-24,26,28-30,36H,1,9-18H2,2-7H3/q+1/t20?,21-,22?,23?,24?,26+,28?,29-,30-,31+,32?,33?/m0/s1. The SMILES string of the molecule is C=C[C@]1(C)C[C@@H](OC(=O)CSC2CC3CCC(C2)[N+]3(C)C(C)C)C2C(C)CCC3(CCC(=O)[C@@H]23)[C@@H](C)[C@@H]1O. The number of nitrogens with zero attached hydrogens (tertiary/aromatic N) is 1. The van der Waals surface area contributed by atoms with E-state index in [4.69, 9.17) is 4.74 Å². The summed E-state index contributed by atoms with van der Waals surface area (Å²) >= 11 is 1.79. The molecule has 5 aliphatic rings. The van der Waals surface area contributed by atoms with Gasteiger partial charge in [-0.15, -0.1) is 18.3 Å². The number of aliphatic hydroxyl groups is 1. The molecule has 4 bridgehead atoms. The van der Waals surface area contributed by atoms with E-state index in [2.05, 4.69) is 48.2 Å². The van der Waals surface area contributed by atoms with E-state index >= 15 is 0 Å². The van der Waals surface area contributed by atoms with E-state index in [1.54, 1.807) is 11.8 Å². The molecule has 5 fully saturated rings. The van der Waals surface area contributed by atoms with Gasteiger partial charge < -0.3 is 14.3 Å². The number of Topliss-reactive ketones (excluding diaryl/α,β-unsaturated/α-hetero) is 1. The Balaban J connectivity index is 1.32. The Hall–Kier alpha value is -0.850. The maximum atomic E-state index is 13.4. The summed E-state index contributed by atoms with van der Waals surface area (Å²) in [6, 6.07) is 2.05. The first kappa shape index (κ1) is 28.7. The van der Waals surface area contributed by atoms with Crippen LogP contribution in [0, 0.1) is 34.5 Å². The molecule has 5 unspecified atom stereocenters. The van der Waals surface area contributed by atoms with E-state index in [1.807, 2.05) is 6.08 Å². The van der Waals surface area contributed by atoms with Gasteiger partial charge in [0.2, 0.25) is 0 Å². The van der Waals surface area contributed by atoms with E-state index in [-0.39, 0.29) is 35.2 Å². The highest BCUT2D eigenvalue weighted by molar-refractivity contribution is 8.00. The summed E-state index contributed by atoms with van der Waals surface area (Å²) in [5, 5.41) is 12.2. The molecule has 0 aromatic carbocycles. The van der Waals surface area contributed by atoms with Crippen molar-refractivity contribution in [2.75, 3.05) is 12.8 Å². The van der Waals surface area contributed by atoms with Crippen molar-refractivity contribution in [2.45, 2.75) is 128 Å². The lowest BCUT2D eigenvalue weighted by Gasteiger charge is -2.57. The Bertz CT molecular complexity index is 938. The van der Waals surface area contributed by atoms with Crippen LogP contribution in [0.3, 0.4) is 0 Å². The topological polar surface area (TPSA) is 63.6 Å². The molecule has 5 nitrogen and oxygen atoms in total. The van der Waals surface area contributed by atoms with Crippen LogP contribution in [-0.2, 0) is 14.3 Å². The number of hydrogen-bond acceptors (Lipinski definition) is 5. The Morgan fingerprint density at radius 1 is 1.21 bits per heavy atom. The molecule has 0 amide bonds. The highest BCUT2D eigenvalue weighted by Crippen LogP contribution is 2.63. The predicted octanol–water partition coefficient (Wildman–Crippen LogP) is 5.78. The van der Waals surface area contributed by atoms with Gasteiger partial charge in [0, 0.05) is 54.6 Å². The van der Waals surface area contributed by atoms with Crippen LogP contribution in [0.25, 0.3) is 0 Å². The van der Waals surface area contributed by atoms with Crippen LogP contribution in [0.2, 0.25) is 0 Å². The summed E-state index contributed by atoms with van der Waals surface area (Å²) in [6.45, 7) is 15.3. The zero-order valence-electron chi connectivity index (χ0n) is 24.7. The van der Waals surface area contributed by atoms with Crippen LogP contribution in [0.4, 0.5) is 0 Å². The molecule has 6 heteroatoms. The average molecular weight is 547 g/mol. The van der Waals surface area contributed by atoms with Crippen LogP contribution in [-0.4, -0.2) is 69.7 Å². The number of piperidine rings is 1. The first-order valence-electron chi connectivity index (χ1n) is 15.4. The number of ether oxygens (including phenoxy) is 1. The van der Waals surface area contributed by atoms with Gasteiger partial charge in [-0.2, -0.15) is 0 Å². The third kappa shape index (κ3) is 4.34. The van der Waals surface area contributed by atoms with Crippen molar-refractivity contribution in [3.63, 3.8) is 0 Å². The molecule has 5 rings (SSSR count). The van der Waals surface area contributed by atoms with Crippen molar-refractivity contribution in [1.29, 1.82) is 0 Å². The van der Waals surface area contributed by atoms with E-state index < -0.39 is 11.5 Å². The average Bonchev–Trinajstić information content (AvgIpc) is 3.28. The van der Waals surface area contributed by atoms with Gasteiger partial charge in [-0.3, -0.25) is 9.59 Å². The zero-order valence-corrected chi connectivity index (χ0v) is 25.5. The van der Waals surface area contributed by atoms with Gasteiger partial charge in [0.05, 0.1) is 37.0 Å². The van der Waals surface area contributed by atoms with Crippen LogP contribution >= 0.6 is 11.8 Å². The predicted molar refractivity (Wildman–Crippen MR) is 154 cm³/mol. The first-order valence-corrected chi connectivity index (χ1v) is 16.4. The van der Waals surface area contributed by atoms with Crippen molar-refractivity contribution >= 4 is 23.5 Å². The highest BCUT2D eigenvalue weighted by Gasteiger charge is 2.63. The summed E-state index contributed by atoms with van der Waals surface area (Å²) in [6.07, 6.45) is 9.85. The number of esters is 1. The van der Waals surface area contributed by atoms with Gasteiger partial charge in [0.1, 0.15) is 11.9 Å². The van der Waals surface area contributed by atoms with Gasteiger partial charge >= 0.3 is 5.97 Å². The van der Waals surface area contributed by atoms with E-state index in [0.717, 1.165) is 19.3 Å². The fourth-order valence-electron chi connectivity index (χ4n) is 10.1. The maximum Gasteiger partial charge on any atom is 0.316 e. The van der Waals surface area contributed by atoms with Crippen LogP contribution < -0.4 is 0 Å². The number of ketones is 1. The summed E-state index contributed by atoms with van der Waals surface area (Å²) in [7, 11) is 2.44. The molecule has 0 aromatic heterocycles. The van der Waals surface area contributed by atoms with Crippen molar-refractivity contribution in [3.8, 4) is 0 Å². The Kier molecular flexibility index (Phi) is 7.70. The zero-order chi connectivity index (χ0) is 27.6. The number of hydrogen-bond donors (Lipinski definition) is 1. The minimum atomic E-state index is -0.607. The maximum absolute atomic E-state index is 13.4. The van der Waals surface area contributed by atoms with Crippen molar-refractivity contribution in [2.24, 2.45) is 34.5 Å². The molecule has 0 aromatic rings. The molecule has 38 heavy (non-hydrogen) atoms. The Labute approximate surface area is 235 Å². The summed E-state index contributed by atoms with van der Waals surface area (Å²) in [4.78, 5) is 26.8. The summed E-state index contributed by atoms with van der Waals surface area (Å²) in [5.74, 6) is 0.788. The van der Waals surface area contributed by atoms with Crippen LogP contribution in [0.1, 0.15) is 92.4 Å². The molecule has 0 radical (unpaired) electrons. The lowest BCUT2D eigenvalue weighted by atomic mass is 9.49. The molecule has 1 N–H and O–H groups in total. The van der Waals surface area contributed by atoms with Gasteiger partial charge in [-0.05, 0) is 56.8 Å².